The summed E-state index contributed by atoms with van der Waals surface area (Å²) in [5.41, 5.74) is 0.989. The van der Waals surface area contributed by atoms with E-state index in [2.05, 4.69) is 0 Å². The van der Waals surface area contributed by atoms with Crippen molar-refractivity contribution in [1.29, 1.82) is 0 Å². The normalized spacial score (nSPS) is 17.4. The van der Waals surface area contributed by atoms with E-state index in [0.717, 1.165) is 6.42 Å². The number of likely N-dealkylation sites (N-methyl/N-ethyl adjacent to an activating group) is 1. The van der Waals surface area contributed by atoms with E-state index in [1.807, 2.05) is 25.9 Å². The van der Waals surface area contributed by atoms with Gasteiger partial charge in [0.2, 0.25) is 0 Å². The highest BCUT2D eigenvalue weighted by molar-refractivity contribution is 6.46. The van der Waals surface area contributed by atoms with Gasteiger partial charge in [0.25, 0.3) is 11.7 Å². The lowest BCUT2D eigenvalue weighted by atomic mass is 9.94. The molecule has 0 radical (unpaired) electrons. The molecule has 1 heterocycles. The van der Waals surface area contributed by atoms with Crippen LogP contribution in [-0.4, -0.2) is 74.6 Å². The summed E-state index contributed by atoms with van der Waals surface area (Å²) in [5.74, 6) is -0.117. The van der Waals surface area contributed by atoms with Crippen LogP contribution >= 0.6 is 0 Å². The molecule has 3 rings (SSSR count). The molecule has 34 heavy (non-hydrogen) atoms. The lowest BCUT2D eigenvalue weighted by Crippen LogP contribution is -2.35. The summed E-state index contributed by atoms with van der Waals surface area (Å²) in [6, 6.07) is 11.3. The number of ketones is 1. The first-order valence-electron chi connectivity index (χ1n) is 11.2. The number of nitrogens with zero attached hydrogens (tertiary/aromatic N) is 2. The molecule has 2 aromatic rings. The fourth-order valence-electron chi connectivity index (χ4n) is 3.95. The zero-order chi connectivity index (χ0) is 24.8. The highest BCUT2D eigenvalue weighted by Crippen LogP contribution is 2.45. The van der Waals surface area contributed by atoms with E-state index >= 15 is 0 Å². The highest BCUT2D eigenvalue weighted by atomic mass is 16.5. The predicted molar refractivity (Wildman–Crippen MR) is 129 cm³/mol. The van der Waals surface area contributed by atoms with Gasteiger partial charge in [0.05, 0.1) is 32.4 Å². The van der Waals surface area contributed by atoms with Crippen molar-refractivity contribution in [2.45, 2.75) is 19.4 Å². The number of amides is 1. The fraction of sp³-hybridized carbons (Fsp3) is 0.385. The minimum atomic E-state index is -0.832. The number of methoxy groups -OCH3 is 2. The van der Waals surface area contributed by atoms with Crippen LogP contribution in [0.4, 0.5) is 0 Å². The standard InChI is InChI=1S/C26H32N2O6/c1-6-16-34-18-12-10-17(11-13-18)23(29)21-22(19-8-7-9-20(32-4)25(19)33-5)28(15-14-27(2)3)26(31)24(21)30/h7-13,22,29H,6,14-16H2,1-5H3/b23-21+. The van der Waals surface area contributed by atoms with Gasteiger partial charge < -0.3 is 29.1 Å². The molecular weight excluding hydrogens is 436 g/mol. The Morgan fingerprint density at radius 2 is 1.76 bits per heavy atom. The number of para-hydroxylation sites is 1. The largest absolute Gasteiger partial charge is 0.507 e. The maximum absolute atomic E-state index is 13.2. The molecule has 0 aromatic heterocycles. The lowest BCUT2D eigenvalue weighted by Gasteiger charge is -2.28. The zero-order valence-corrected chi connectivity index (χ0v) is 20.3. The Hall–Kier alpha value is -3.52. The number of aliphatic hydroxyl groups is 1. The summed E-state index contributed by atoms with van der Waals surface area (Å²) in [6.07, 6.45) is 0.875. The zero-order valence-electron chi connectivity index (χ0n) is 20.3. The molecule has 1 N–H and O–H groups in total. The lowest BCUT2D eigenvalue weighted by molar-refractivity contribution is -0.140. The molecule has 0 bridgehead atoms. The molecule has 182 valence electrons. The van der Waals surface area contributed by atoms with Crippen molar-refractivity contribution in [1.82, 2.24) is 9.80 Å². The molecule has 1 aliphatic heterocycles. The van der Waals surface area contributed by atoms with Crippen LogP contribution in [0.1, 0.15) is 30.5 Å². The summed E-state index contributed by atoms with van der Waals surface area (Å²) in [5, 5.41) is 11.2. The van der Waals surface area contributed by atoms with E-state index < -0.39 is 17.7 Å². The molecule has 8 heteroatoms. The van der Waals surface area contributed by atoms with E-state index in [1.54, 1.807) is 42.5 Å². The van der Waals surface area contributed by atoms with Crippen LogP contribution < -0.4 is 14.2 Å². The second kappa shape index (κ2) is 11.1. The molecule has 0 spiro atoms. The molecular formula is C26H32N2O6. The van der Waals surface area contributed by atoms with Gasteiger partial charge in [-0.3, -0.25) is 9.59 Å². The average Bonchev–Trinajstić information content (AvgIpc) is 3.10. The van der Waals surface area contributed by atoms with Crippen molar-refractivity contribution in [3.63, 3.8) is 0 Å². The molecule has 1 fully saturated rings. The van der Waals surface area contributed by atoms with E-state index in [1.165, 1.54) is 19.1 Å². The molecule has 2 aromatic carbocycles. The third kappa shape index (κ3) is 5.02. The van der Waals surface area contributed by atoms with Gasteiger partial charge in [0.1, 0.15) is 11.5 Å². The number of Topliss-reactive ketones (excluding diaryl/α,β-unsaturated/α-hetero) is 1. The first kappa shape index (κ1) is 25.1. The van der Waals surface area contributed by atoms with Crippen LogP contribution in [0.25, 0.3) is 5.76 Å². The summed E-state index contributed by atoms with van der Waals surface area (Å²) in [6.45, 7) is 3.43. The van der Waals surface area contributed by atoms with Gasteiger partial charge in [-0.1, -0.05) is 19.1 Å². The van der Waals surface area contributed by atoms with E-state index in [4.69, 9.17) is 14.2 Å². The Kier molecular flexibility index (Phi) is 8.17. The van der Waals surface area contributed by atoms with Crippen molar-refractivity contribution in [3.05, 3.63) is 59.2 Å². The number of benzene rings is 2. The molecule has 0 saturated carbocycles. The number of carbonyl (C=O) groups excluding carboxylic acids is 2. The molecule has 8 nitrogen and oxygen atoms in total. The van der Waals surface area contributed by atoms with Crippen LogP contribution in [0.5, 0.6) is 17.2 Å². The second-order valence-corrected chi connectivity index (χ2v) is 8.25. The van der Waals surface area contributed by atoms with Gasteiger partial charge in [-0.15, -0.1) is 0 Å². The van der Waals surface area contributed by atoms with Gasteiger partial charge in [-0.2, -0.15) is 0 Å². The molecule has 1 unspecified atom stereocenters. The van der Waals surface area contributed by atoms with Crippen LogP contribution in [0.15, 0.2) is 48.0 Å². The van der Waals surface area contributed by atoms with Gasteiger partial charge in [0.15, 0.2) is 11.5 Å². The Morgan fingerprint density at radius 1 is 1.06 bits per heavy atom. The molecule has 1 amide bonds. The van der Waals surface area contributed by atoms with Crippen LogP contribution in [0, 0.1) is 0 Å². The van der Waals surface area contributed by atoms with Crippen LogP contribution in [-0.2, 0) is 9.59 Å². The molecule has 0 aliphatic carbocycles. The van der Waals surface area contributed by atoms with Crippen molar-refractivity contribution in [3.8, 4) is 17.2 Å². The minimum absolute atomic E-state index is 0.0116. The fourth-order valence-corrected chi connectivity index (χ4v) is 3.95. The Morgan fingerprint density at radius 3 is 2.35 bits per heavy atom. The second-order valence-electron chi connectivity index (χ2n) is 8.25. The number of aliphatic hydroxyl groups excluding tert-OH is 1. The average molecular weight is 469 g/mol. The number of hydrogen-bond donors (Lipinski definition) is 1. The number of likely N-dealkylation sites (tertiary alicyclic amines) is 1. The SMILES string of the molecule is CCCOc1ccc(/C(O)=C2\C(=O)C(=O)N(CCN(C)C)C2c2cccc(OC)c2OC)cc1. The number of rotatable bonds is 10. The minimum Gasteiger partial charge on any atom is -0.507 e. The maximum atomic E-state index is 13.2. The van der Waals surface area contributed by atoms with Gasteiger partial charge in [-0.25, -0.2) is 0 Å². The summed E-state index contributed by atoms with van der Waals surface area (Å²) in [4.78, 5) is 29.7. The topological polar surface area (TPSA) is 88.5 Å². The smallest absolute Gasteiger partial charge is 0.295 e. The van der Waals surface area contributed by atoms with Gasteiger partial charge in [-0.05, 0) is 50.8 Å². The Balaban J connectivity index is 2.15. The summed E-state index contributed by atoms with van der Waals surface area (Å²) < 4.78 is 16.7. The Labute approximate surface area is 200 Å². The van der Waals surface area contributed by atoms with Gasteiger partial charge >= 0.3 is 0 Å². The first-order chi connectivity index (χ1) is 16.3. The van der Waals surface area contributed by atoms with E-state index in [-0.39, 0.29) is 11.3 Å². The number of ether oxygens (including phenoxy) is 3. The number of carbonyl (C=O) groups is 2. The molecule has 1 atom stereocenters. The summed E-state index contributed by atoms with van der Waals surface area (Å²) >= 11 is 0. The van der Waals surface area contributed by atoms with Crippen molar-refractivity contribution >= 4 is 17.4 Å². The van der Waals surface area contributed by atoms with Crippen molar-refractivity contribution in [2.24, 2.45) is 0 Å². The monoisotopic (exact) mass is 468 g/mol. The molecule has 1 saturated heterocycles. The first-order valence-corrected chi connectivity index (χ1v) is 11.2. The van der Waals surface area contributed by atoms with Crippen molar-refractivity contribution < 1.29 is 28.9 Å². The quantitative estimate of drug-likeness (QED) is 0.324. The third-order valence-corrected chi connectivity index (χ3v) is 5.66. The van der Waals surface area contributed by atoms with E-state index in [0.29, 0.717) is 48.1 Å². The van der Waals surface area contributed by atoms with Crippen LogP contribution in [0.3, 0.4) is 0 Å². The summed E-state index contributed by atoms with van der Waals surface area (Å²) in [7, 11) is 6.80. The molecule has 1 aliphatic rings. The third-order valence-electron chi connectivity index (χ3n) is 5.66. The predicted octanol–water partition coefficient (Wildman–Crippen LogP) is 3.48. The van der Waals surface area contributed by atoms with E-state index in [9.17, 15) is 14.7 Å². The van der Waals surface area contributed by atoms with Crippen LogP contribution in [0.2, 0.25) is 0 Å². The Bertz CT molecular complexity index is 1060. The highest BCUT2D eigenvalue weighted by Gasteiger charge is 2.47. The van der Waals surface area contributed by atoms with Crippen molar-refractivity contribution in [2.75, 3.05) is 48.0 Å². The number of hydrogen-bond acceptors (Lipinski definition) is 7. The maximum Gasteiger partial charge on any atom is 0.295 e. The van der Waals surface area contributed by atoms with Gasteiger partial charge in [0, 0.05) is 24.2 Å².